The van der Waals surface area contributed by atoms with Crippen LogP contribution in [0.2, 0.25) is 0 Å². The average Bonchev–Trinajstić information content (AvgIpc) is 2.37. The van der Waals surface area contributed by atoms with E-state index in [9.17, 15) is 14.7 Å². The molecule has 5 nitrogen and oxygen atoms in total. The quantitative estimate of drug-likeness (QED) is 0.487. The Morgan fingerprint density at radius 2 is 2.11 bits per heavy atom. The second-order valence-electron chi connectivity index (χ2n) is 3.32. The normalized spacial score (nSPS) is 10.3. The standard InChI is InChI=1S/C13H14O5/c1-3-18-13(16)10(14)8-7-9-5-4-6-11(17-2)12(9)15/h4-8,15H,3H2,1-2H3/b8-7+. The summed E-state index contributed by atoms with van der Waals surface area (Å²) < 4.78 is 9.46. The van der Waals surface area contributed by atoms with Gasteiger partial charge in [-0.25, -0.2) is 4.79 Å². The highest BCUT2D eigenvalue weighted by molar-refractivity contribution is 6.39. The Balaban J connectivity index is 2.85. The monoisotopic (exact) mass is 250 g/mol. The van der Waals surface area contributed by atoms with E-state index in [2.05, 4.69) is 4.74 Å². The smallest absolute Gasteiger partial charge is 0.379 e. The number of benzene rings is 1. The van der Waals surface area contributed by atoms with Crippen molar-refractivity contribution >= 4 is 17.8 Å². The Bertz CT molecular complexity index is 476. The Kier molecular flexibility index (Phi) is 4.92. The van der Waals surface area contributed by atoms with Crippen molar-refractivity contribution in [2.24, 2.45) is 0 Å². The van der Waals surface area contributed by atoms with Gasteiger partial charge in [-0.3, -0.25) is 4.79 Å². The van der Waals surface area contributed by atoms with Gasteiger partial charge < -0.3 is 14.6 Å². The predicted octanol–water partition coefficient (Wildman–Crippen LogP) is 1.55. The molecule has 0 radical (unpaired) electrons. The van der Waals surface area contributed by atoms with Gasteiger partial charge in [-0.2, -0.15) is 0 Å². The molecule has 0 amide bonds. The lowest BCUT2D eigenvalue weighted by molar-refractivity contribution is -0.151. The van der Waals surface area contributed by atoms with Crippen molar-refractivity contribution in [3.63, 3.8) is 0 Å². The van der Waals surface area contributed by atoms with Gasteiger partial charge in [0.05, 0.1) is 13.7 Å². The van der Waals surface area contributed by atoms with Crippen molar-refractivity contribution in [2.45, 2.75) is 6.92 Å². The number of carbonyl (C=O) groups excluding carboxylic acids is 2. The number of phenols is 1. The number of rotatable bonds is 5. The molecule has 96 valence electrons. The van der Waals surface area contributed by atoms with E-state index >= 15 is 0 Å². The third-order valence-electron chi connectivity index (χ3n) is 2.14. The first kappa shape index (κ1) is 13.8. The number of hydrogen-bond donors (Lipinski definition) is 1. The molecule has 0 heterocycles. The summed E-state index contributed by atoms with van der Waals surface area (Å²) in [6, 6.07) is 4.83. The van der Waals surface area contributed by atoms with Crippen LogP contribution in [-0.2, 0) is 14.3 Å². The lowest BCUT2D eigenvalue weighted by Crippen LogP contribution is -2.14. The fraction of sp³-hybridized carbons (Fsp3) is 0.231. The fourth-order valence-corrected chi connectivity index (χ4v) is 1.27. The molecule has 0 aromatic heterocycles. The molecule has 1 aromatic rings. The Labute approximate surface area is 105 Å². The van der Waals surface area contributed by atoms with Gasteiger partial charge >= 0.3 is 5.97 Å². The van der Waals surface area contributed by atoms with E-state index in [0.29, 0.717) is 11.3 Å². The largest absolute Gasteiger partial charge is 0.504 e. The van der Waals surface area contributed by atoms with Gasteiger partial charge in [-0.05, 0) is 25.1 Å². The molecule has 0 saturated carbocycles. The van der Waals surface area contributed by atoms with E-state index in [1.165, 1.54) is 13.2 Å². The molecular weight excluding hydrogens is 236 g/mol. The molecule has 5 heteroatoms. The van der Waals surface area contributed by atoms with Crippen LogP contribution in [0.3, 0.4) is 0 Å². The summed E-state index contributed by atoms with van der Waals surface area (Å²) in [6.45, 7) is 1.76. The lowest BCUT2D eigenvalue weighted by atomic mass is 10.1. The minimum Gasteiger partial charge on any atom is -0.504 e. The van der Waals surface area contributed by atoms with Crippen LogP contribution in [0, 0.1) is 0 Å². The molecule has 0 spiro atoms. The van der Waals surface area contributed by atoms with Gasteiger partial charge in [0, 0.05) is 5.56 Å². The zero-order valence-corrected chi connectivity index (χ0v) is 10.2. The molecule has 0 unspecified atom stereocenters. The number of methoxy groups -OCH3 is 1. The number of hydrogen-bond acceptors (Lipinski definition) is 5. The number of carbonyl (C=O) groups is 2. The summed E-state index contributed by atoms with van der Waals surface area (Å²) in [6.07, 6.45) is 2.38. The SMILES string of the molecule is CCOC(=O)C(=O)/C=C/c1cccc(OC)c1O. The van der Waals surface area contributed by atoms with Crippen LogP contribution in [0.15, 0.2) is 24.3 Å². The minimum absolute atomic E-state index is 0.0899. The van der Waals surface area contributed by atoms with Crippen molar-refractivity contribution in [2.75, 3.05) is 13.7 Å². The summed E-state index contributed by atoms with van der Waals surface area (Å²) in [4.78, 5) is 22.4. The van der Waals surface area contributed by atoms with Crippen LogP contribution < -0.4 is 4.74 Å². The number of phenolic OH excluding ortho intramolecular Hbond substituents is 1. The second-order valence-corrected chi connectivity index (χ2v) is 3.32. The van der Waals surface area contributed by atoms with Gasteiger partial charge in [-0.1, -0.05) is 12.1 Å². The predicted molar refractivity (Wildman–Crippen MR) is 65.3 cm³/mol. The molecule has 0 aliphatic rings. The van der Waals surface area contributed by atoms with Gasteiger partial charge in [0.1, 0.15) is 0 Å². The Morgan fingerprint density at radius 3 is 2.72 bits per heavy atom. The van der Waals surface area contributed by atoms with Crippen LogP contribution in [0.25, 0.3) is 6.08 Å². The molecule has 0 saturated heterocycles. The molecule has 0 fully saturated rings. The maximum atomic E-state index is 11.3. The molecule has 0 atom stereocenters. The van der Waals surface area contributed by atoms with Crippen molar-refractivity contribution in [3.05, 3.63) is 29.8 Å². The molecular formula is C13H14O5. The molecule has 1 rings (SSSR count). The van der Waals surface area contributed by atoms with Crippen LogP contribution in [0.5, 0.6) is 11.5 Å². The Hall–Kier alpha value is -2.30. The van der Waals surface area contributed by atoms with E-state index in [1.54, 1.807) is 25.1 Å². The van der Waals surface area contributed by atoms with Crippen molar-refractivity contribution < 1.29 is 24.2 Å². The Morgan fingerprint density at radius 1 is 1.39 bits per heavy atom. The average molecular weight is 250 g/mol. The highest BCUT2D eigenvalue weighted by atomic mass is 16.5. The first-order valence-corrected chi connectivity index (χ1v) is 5.35. The highest BCUT2D eigenvalue weighted by Crippen LogP contribution is 2.30. The first-order valence-electron chi connectivity index (χ1n) is 5.35. The molecule has 1 aromatic carbocycles. The maximum Gasteiger partial charge on any atom is 0.379 e. The maximum absolute atomic E-state index is 11.3. The number of esters is 1. The minimum atomic E-state index is -0.920. The fourth-order valence-electron chi connectivity index (χ4n) is 1.27. The van der Waals surface area contributed by atoms with Crippen molar-refractivity contribution in [1.82, 2.24) is 0 Å². The van der Waals surface area contributed by atoms with E-state index < -0.39 is 11.8 Å². The summed E-state index contributed by atoms with van der Waals surface area (Å²) >= 11 is 0. The molecule has 0 aliphatic carbocycles. The van der Waals surface area contributed by atoms with Crippen molar-refractivity contribution in [3.8, 4) is 11.5 Å². The van der Waals surface area contributed by atoms with Crippen molar-refractivity contribution in [1.29, 1.82) is 0 Å². The van der Waals surface area contributed by atoms with Gasteiger partial charge in [0.2, 0.25) is 0 Å². The first-order chi connectivity index (χ1) is 8.60. The van der Waals surface area contributed by atoms with E-state index in [1.807, 2.05) is 0 Å². The molecule has 0 bridgehead atoms. The third-order valence-corrected chi connectivity index (χ3v) is 2.14. The number of aromatic hydroxyl groups is 1. The van der Waals surface area contributed by atoms with Gasteiger partial charge in [0.25, 0.3) is 5.78 Å². The van der Waals surface area contributed by atoms with Crippen LogP contribution in [0.1, 0.15) is 12.5 Å². The lowest BCUT2D eigenvalue weighted by Gasteiger charge is -2.04. The summed E-state index contributed by atoms with van der Waals surface area (Å²) in [5.41, 5.74) is 0.381. The van der Waals surface area contributed by atoms with Crippen LogP contribution >= 0.6 is 0 Å². The van der Waals surface area contributed by atoms with E-state index in [-0.39, 0.29) is 12.4 Å². The van der Waals surface area contributed by atoms with Crippen LogP contribution in [-0.4, -0.2) is 30.6 Å². The molecule has 0 aliphatic heterocycles. The second kappa shape index (κ2) is 6.44. The highest BCUT2D eigenvalue weighted by Gasteiger charge is 2.11. The third kappa shape index (κ3) is 3.35. The van der Waals surface area contributed by atoms with Gasteiger partial charge in [-0.15, -0.1) is 0 Å². The summed E-state index contributed by atoms with van der Waals surface area (Å²) in [5, 5.41) is 9.74. The zero-order valence-electron chi connectivity index (χ0n) is 10.2. The zero-order chi connectivity index (χ0) is 13.5. The molecule has 18 heavy (non-hydrogen) atoms. The number of para-hydroxylation sites is 1. The summed E-state index contributed by atoms with van der Waals surface area (Å²) in [5.74, 6) is -1.50. The van der Waals surface area contributed by atoms with Crippen LogP contribution in [0.4, 0.5) is 0 Å². The number of ether oxygens (including phenoxy) is 2. The van der Waals surface area contributed by atoms with Gasteiger partial charge in [0.15, 0.2) is 11.5 Å². The van der Waals surface area contributed by atoms with E-state index in [4.69, 9.17) is 4.74 Å². The molecule has 1 N–H and O–H groups in total. The topological polar surface area (TPSA) is 72.8 Å². The summed E-state index contributed by atoms with van der Waals surface area (Å²) in [7, 11) is 1.42. The number of ketones is 1. The van der Waals surface area contributed by atoms with E-state index in [0.717, 1.165) is 6.08 Å².